The quantitative estimate of drug-likeness (QED) is 0.391. The number of epoxide rings is 1. The molecule has 0 spiro atoms. The van der Waals surface area contributed by atoms with Crippen molar-refractivity contribution < 1.29 is 19.1 Å². The van der Waals surface area contributed by atoms with Gasteiger partial charge in [0.15, 0.2) is 12.2 Å². The van der Waals surface area contributed by atoms with Gasteiger partial charge < -0.3 is 9.47 Å². The van der Waals surface area contributed by atoms with Crippen LogP contribution in [-0.2, 0) is 19.1 Å². The van der Waals surface area contributed by atoms with E-state index in [-0.39, 0.29) is 5.12 Å². The van der Waals surface area contributed by atoms with E-state index in [9.17, 15) is 9.59 Å². The maximum atomic E-state index is 11.3. The van der Waals surface area contributed by atoms with E-state index in [1.165, 1.54) is 18.9 Å². The highest BCUT2D eigenvalue weighted by molar-refractivity contribution is 8.13. The Kier molecular flexibility index (Phi) is 4.41. The molecule has 2 unspecified atom stereocenters. The third-order valence-electron chi connectivity index (χ3n) is 1.90. The lowest BCUT2D eigenvalue weighted by molar-refractivity contribution is -0.142. The van der Waals surface area contributed by atoms with Gasteiger partial charge in [-0.1, -0.05) is 25.1 Å². The largest absolute Gasteiger partial charge is 0.467 e. The molecule has 0 N–H and O–H groups in total. The van der Waals surface area contributed by atoms with Crippen molar-refractivity contribution >= 4 is 22.8 Å². The summed E-state index contributed by atoms with van der Waals surface area (Å²) in [6, 6.07) is 0. The van der Waals surface area contributed by atoms with Gasteiger partial charge in [0.2, 0.25) is 5.12 Å². The SMILES string of the molecule is CCCCSC(=O)C1OC1C(=O)OC. The molecule has 1 saturated heterocycles. The van der Waals surface area contributed by atoms with Crippen molar-refractivity contribution in [2.45, 2.75) is 32.0 Å². The first-order valence-corrected chi connectivity index (χ1v) is 5.59. The fourth-order valence-corrected chi connectivity index (χ4v) is 1.96. The van der Waals surface area contributed by atoms with Crippen molar-refractivity contribution in [3.05, 3.63) is 0 Å². The Labute approximate surface area is 87.3 Å². The lowest BCUT2D eigenvalue weighted by Crippen LogP contribution is -2.15. The summed E-state index contributed by atoms with van der Waals surface area (Å²) in [5, 5.41) is -0.0613. The minimum Gasteiger partial charge on any atom is -0.467 e. The highest BCUT2D eigenvalue weighted by Crippen LogP contribution is 2.28. The standard InChI is InChI=1S/C9H14O4S/c1-3-4-5-14-9(11)7-6(13-7)8(10)12-2/h6-7H,3-5H2,1-2H3. The first kappa shape index (κ1) is 11.5. The summed E-state index contributed by atoms with van der Waals surface area (Å²) in [6.45, 7) is 2.07. The molecule has 0 aliphatic carbocycles. The average molecular weight is 218 g/mol. The highest BCUT2D eigenvalue weighted by atomic mass is 32.2. The summed E-state index contributed by atoms with van der Waals surface area (Å²) in [5.41, 5.74) is 0. The van der Waals surface area contributed by atoms with E-state index in [1.807, 2.05) is 0 Å². The van der Waals surface area contributed by atoms with Crippen molar-refractivity contribution in [3.63, 3.8) is 0 Å². The second-order valence-corrected chi connectivity index (χ2v) is 4.12. The number of hydrogen-bond acceptors (Lipinski definition) is 5. The third-order valence-corrected chi connectivity index (χ3v) is 2.91. The van der Waals surface area contributed by atoms with E-state index < -0.39 is 18.2 Å². The molecule has 0 aromatic carbocycles. The molecule has 0 amide bonds. The molecule has 1 rings (SSSR count). The Bertz CT molecular complexity index is 229. The first-order chi connectivity index (χ1) is 6.70. The molecule has 0 aromatic rings. The minimum absolute atomic E-state index is 0.0613. The number of carbonyl (C=O) groups is 2. The van der Waals surface area contributed by atoms with Crippen molar-refractivity contribution in [3.8, 4) is 0 Å². The summed E-state index contributed by atoms with van der Waals surface area (Å²) in [4.78, 5) is 22.3. The van der Waals surface area contributed by atoms with E-state index in [0.717, 1.165) is 18.6 Å². The summed E-state index contributed by atoms with van der Waals surface area (Å²) in [5.74, 6) is 0.336. The van der Waals surface area contributed by atoms with Gasteiger partial charge in [0.05, 0.1) is 7.11 Å². The molecule has 14 heavy (non-hydrogen) atoms. The summed E-state index contributed by atoms with van der Waals surface area (Å²) in [7, 11) is 1.29. The van der Waals surface area contributed by atoms with Crippen LogP contribution in [0, 0.1) is 0 Å². The zero-order valence-corrected chi connectivity index (χ0v) is 9.13. The Balaban J connectivity index is 2.19. The monoisotopic (exact) mass is 218 g/mol. The molecular weight excluding hydrogens is 204 g/mol. The Hall–Kier alpha value is -0.550. The van der Waals surface area contributed by atoms with Crippen LogP contribution in [0.1, 0.15) is 19.8 Å². The van der Waals surface area contributed by atoms with E-state index in [1.54, 1.807) is 0 Å². The first-order valence-electron chi connectivity index (χ1n) is 4.60. The second kappa shape index (κ2) is 5.36. The molecule has 0 aromatic heterocycles. The van der Waals surface area contributed by atoms with Crippen LogP contribution in [0.25, 0.3) is 0 Å². The van der Waals surface area contributed by atoms with Gasteiger partial charge in [-0.25, -0.2) is 4.79 Å². The molecule has 1 fully saturated rings. The molecule has 1 aliphatic heterocycles. The van der Waals surface area contributed by atoms with E-state index in [0.29, 0.717) is 0 Å². The highest BCUT2D eigenvalue weighted by Gasteiger charge is 2.51. The van der Waals surface area contributed by atoms with Gasteiger partial charge in [-0.2, -0.15) is 0 Å². The number of thioether (sulfide) groups is 1. The van der Waals surface area contributed by atoms with E-state index in [2.05, 4.69) is 11.7 Å². The van der Waals surface area contributed by atoms with Gasteiger partial charge in [-0.3, -0.25) is 4.79 Å². The topological polar surface area (TPSA) is 55.9 Å². The zero-order valence-electron chi connectivity index (χ0n) is 8.32. The van der Waals surface area contributed by atoms with Crippen molar-refractivity contribution in [1.29, 1.82) is 0 Å². The van der Waals surface area contributed by atoms with Crippen LogP contribution >= 0.6 is 11.8 Å². The molecule has 0 bridgehead atoms. The Morgan fingerprint density at radius 3 is 2.71 bits per heavy atom. The van der Waals surface area contributed by atoms with Gasteiger partial charge in [-0.15, -0.1) is 0 Å². The van der Waals surface area contributed by atoms with Gasteiger partial charge >= 0.3 is 5.97 Å². The molecule has 1 heterocycles. The fourth-order valence-electron chi connectivity index (χ4n) is 0.986. The second-order valence-electron chi connectivity index (χ2n) is 3.02. The molecule has 80 valence electrons. The number of carbonyl (C=O) groups excluding carboxylic acids is 2. The number of esters is 1. The molecular formula is C9H14O4S. The van der Waals surface area contributed by atoms with Gasteiger partial charge in [-0.05, 0) is 6.42 Å². The van der Waals surface area contributed by atoms with Crippen LogP contribution in [0.5, 0.6) is 0 Å². The Morgan fingerprint density at radius 2 is 2.14 bits per heavy atom. The van der Waals surface area contributed by atoms with Crippen molar-refractivity contribution in [2.24, 2.45) is 0 Å². The smallest absolute Gasteiger partial charge is 0.338 e. The number of ether oxygens (including phenoxy) is 2. The van der Waals surface area contributed by atoms with E-state index in [4.69, 9.17) is 4.74 Å². The molecule has 0 saturated carbocycles. The summed E-state index contributed by atoms with van der Waals surface area (Å²) in [6.07, 6.45) is 0.851. The lowest BCUT2D eigenvalue weighted by Gasteiger charge is -1.95. The minimum atomic E-state index is -0.651. The summed E-state index contributed by atoms with van der Waals surface area (Å²) >= 11 is 1.23. The Morgan fingerprint density at radius 1 is 1.43 bits per heavy atom. The molecule has 2 atom stereocenters. The van der Waals surface area contributed by atoms with E-state index >= 15 is 0 Å². The maximum Gasteiger partial charge on any atom is 0.338 e. The third kappa shape index (κ3) is 2.99. The van der Waals surface area contributed by atoms with Crippen LogP contribution in [0.2, 0.25) is 0 Å². The van der Waals surface area contributed by atoms with Crippen LogP contribution in [0.15, 0.2) is 0 Å². The average Bonchev–Trinajstić information content (AvgIpc) is 2.96. The van der Waals surface area contributed by atoms with Gasteiger partial charge in [0.1, 0.15) is 0 Å². The van der Waals surface area contributed by atoms with Crippen molar-refractivity contribution in [1.82, 2.24) is 0 Å². The lowest BCUT2D eigenvalue weighted by atomic mass is 10.3. The number of hydrogen-bond donors (Lipinski definition) is 0. The fraction of sp³-hybridized carbons (Fsp3) is 0.778. The predicted octanol–water partition coefficient (Wildman–Crippen LogP) is 0.987. The molecule has 1 aliphatic rings. The number of rotatable bonds is 5. The number of unbranched alkanes of at least 4 members (excludes halogenated alkanes) is 1. The summed E-state index contributed by atoms with van der Waals surface area (Å²) < 4.78 is 9.37. The maximum absolute atomic E-state index is 11.3. The predicted molar refractivity (Wildman–Crippen MR) is 53.1 cm³/mol. The van der Waals surface area contributed by atoms with Crippen LogP contribution in [0.3, 0.4) is 0 Å². The van der Waals surface area contributed by atoms with Gasteiger partial charge in [0.25, 0.3) is 0 Å². The van der Waals surface area contributed by atoms with Crippen LogP contribution < -0.4 is 0 Å². The van der Waals surface area contributed by atoms with Crippen molar-refractivity contribution in [2.75, 3.05) is 12.9 Å². The van der Waals surface area contributed by atoms with Crippen LogP contribution in [0.4, 0.5) is 0 Å². The zero-order chi connectivity index (χ0) is 10.6. The van der Waals surface area contributed by atoms with Crippen LogP contribution in [-0.4, -0.2) is 36.2 Å². The molecule has 4 nitrogen and oxygen atoms in total. The van der Waals surface area contributed by atoms with Gasteiger partial charge in [0, 0.05) is 5.75 Å². The molecule has 5 heteroatoms. The number of methoxy groups -OCH3 is 1. The molecule has 0 radical (unpaired) electrons. The normalized spacial score (nSPS) is 24.4.